The third-order valence-electron chi connectivity index (χ3n) is 2.84. The number of ether oxygens (including phenoxy) is 1. The van der Waals surface area contributed by atoms with E-state index in [4.69, 9.17) is 51.1 Å². The average Bonchev–Trinajstić information content (AvgIpc) is 2.48. The summed E-state index contributed by atoms with van der Waals surface area (Å²) in [5.41, 5.74) is 1.05. The van der Waals surface area contributed by atoms with Crippen molar-refractivity contribution in [1.82, 2.24) is 0 Å². The molecule has 0 radical (unpaired) electrons. The van der Waals surface area contributed by atoms with Crippen LogP contribution in [0.4, 0.5) is 5.69 Å². The molecule has 0 spiro atoms. The third-order valence-corrected chi connectivity index (χ3v) is 4.02. The first-order chi connectivity index (χ1) is 11.3. The first kappa shape index (κ1) is 18.9. The van der Waals surface area contributed by atoms with Gasteiger partial charge in [0.25, 0.3) is 5.91 Å². The van der Waals surface area contributed by atoms with Gasteiger partial charge in [0.05, 0.1) is 16.5 Å². The van der Waals surface area contributed by atoms with Crippen molar-refractivity contribution in [2.24, 2.45) is 0 Å². The monoisotopic (exact) mass is 405 g/mol. The minimum absolute atomic E-state index is 0.0207. The molecule has 2 aromatic carbocycles. The number of carbonyl (C=O) groups excluding carboxylic acids is 2. The van der Waals surface area contributed by atoms with Crippen LogP contribution in [-0.2, 0) is 20.7 Å². The van der Waals surface area contributed by atoms with Crippen molar-refractivity contribution in [3.8, 4) is 0 Å². The van der Waals surface area contributed by atoms with Gasteiger partial charge < -0.3 is 10.1 Å². The lowest BCUT2D eigenvalue weighted by Gasteiger charge is -2.08. The van der Waals surface area contributed by atoms with E-state index in [1.165, 1.54) is 18.2 Å². The Balaban J connectivity index is 1.84. The first-order valence-electron chi connectivity index (χ1n) is 6.69. The van der Waals surface area contributed by atoms with Crippen LogP contribution in [0.2, 0.25) is 20.1 Å². The second-order valence-electron chi connectivity index (χ2n) is 4.79. The fourth-order valence-electron chi connectivity index (χ4n) is 1.84. The Kier molecular flexibility index (Phi) is 6.75. The van der Waals surface area contributed by atoms with Crippen LogP contribution in [0.1, 0.15) is 5.56 Å². The number of amides is 1. The fraction of sp³-hybridized carbons (Fsp3) is 0.125. The second-order valence-corrected chi connectivity index (χ2v) is 6.48. The van der Waals surface area contributed by atoms with Crippen molar-refractivity contribution >= 4 is 64.0 Å². The molecule has 0 saturated carbocycles. The van der Waals surface area contributed by atoms with Gasteiger partial charge in [0.2, 0.25) is 0 Å². The quantitative estimate of drug-likeness (QED) is 0.708. The van der Waals surface area contributed by atoms with Crippen LogP contribution in [0.3, 0.4) is 0 Å². The van der Waals surface area contributed by atoms with Crippen LogP contribution in [-0.4, -0.2) is 18.5 Å². The van der Waals surface area contributed by atoms with Crippen molar-refractivity contribution in [3.05, 3.63) is 62.1 Å². The summed E-state index contributed by atoms with van der Waals surface area (Å²) in [5, 5.41) is 4.04. The molecule has 0 bridgehead atoms. The minimum atomic E-state index is -0.562. The standard InChI is InChI=1S/C16H11Cl4NO3/c17-10-5-11(18)7-12(6-10)21-15(22)8-24-16(23)4-9-1-2-13(19)14(20)3-9/h1-3,5-7H,4,8H2,(H,21,22). The summed E-state index contributed by atoms with van der Waals surface area (Å²) in [4.78, 5) is 23.5. The molecule has 0 aliphatic rings. The zero-order valence-corrected chi connectivity index (χ0v) is 15.1. The summed E-state index contributed by atoms with van der Waals surface area (Å²) in [7, 11) is 0. The Bertz CT molecular complexity index is 760. The lowest BCUT2D eigenvalue weighted by Crippen LogP contribution is -2.21. The number of carbonyl (C=O) groups is 2. The van der Waals surface area contributed by atoms with Gasteiger partial charge in [-0.2, -0.15) is 0 Å². The van der Waals surface area contributed by atoms with Gasteiger partial charge >= 0.3 is 5.97 Å². The van der Waals surface area contributed by atoms with Crippen molar-refractivity contribution in [2.75, 3.05) is 11.9 Å². The Morgan fingerprint density at radius 1 is 0.917 bits per heavy atom. The summed E-state index contributed by atoms with van der Waals surface area (Å²) in [6.07, 6.45) is -0.0207. The number of rotatable bonds is 5. The highest BCUT2D eigenvalue weighted by Crippen LogP contribution is 2.23. The Morgan fingerprint density at radius 3 is 2.21 bits per heavy atom. The molecule has 2 aromatic rings. The number of hydrogen-bond donors (Lipinski definition) is 1. The summed E-state index contributed by atoms with van der Waals surface area (Å²) in [5.74, 6) is -1.07. The molecule has 2 rings (SSSR count). The molecule has 0 atom stereocenters. The van der Waals surface area contributed by atoms with Crippen molar-refractivity contribution in [2.45, 2.75) is 6.42 Å². The Labute approximate surface area is 158 Å². The average molecular weight is 407 g/mol. The normalized spacial score (nSPS) is 10.3. The molecule has 8 heteroatoms. The summed E-state index contributed by atoms with van der Waals surface area (Å²) < 4.78 is 4.92. The van der Waals surface area contributed by atoms with Crippen LogP contribution in [0.15, 0.2) is 36.4 Å². The largest absolute Gasteiger partial charge is 0.455 e. The van der Waals surface area contributed by atoms with Crippen LogP contribution < -0.4 is 5.32 Å². The first-order valence-corrected chi connectivity index (χ1v) is 8.20. The molecule has 0 aromatic heterocycles. The summed E-state index contributed by atoms with van der Waals surface area (Å²) in [6, 6.07) is 9.41. The van der Waals surface area contributed by atoms with E-state index in [9.17, 15) is 9.59 Å². The Hall–Kier alpha value is -1.46. The van der Waals surface area contributed by atoms with E-state index in [-0.39, 0.29) is 6.42 Å². The molecule has 0 fully saturated rings. The van der Waals surface area contributed by atoms with Crippen LogP contribution in [0, 0.1) is 0 Å². The molecule has 0 aliphatic carbocycles. The van der Waals surface area contributed by atoms with Gasteiger partial charge in [-0.1, -0.05) is 52.5 Å². The zero-order valence-electron chi connectivity index (χ0n) is 12.1. The number of hydrogen-bond acceptors (Lipinski definition) is 3. The van der Waals surface area contributed by atoms with Gasteiger partial charge in [-0.05, 0) is 35.9 Å². The molecule has 24 heavy (non-hydrogen) atoms. The molecular weight excluding hydrogens is 396 g/mol. The fourth-order valence-corrected chi connectivity index (χ4v) is 2.68. The minimum Gasteiger partial charge on any atom is -0.455 e. The maximum Gasteiger partial charge on any atom is 0.310 e. The third kappa shape index (κ3) is 5.87. The molecule has 0 unspecified atom stereocenters. The van der Waals surface area contributed by atoms with Crippen LogP contribution in [0.5, 0.6) is 0 Å². The lowest BCUT2D eigenvalue weighted by atomic mass is 10.1. The summed E-state index contributed by atoms with van der Waals surface area (Å²) >= 11 is 23.3. The molecule has 126 valence electrons. The topological polar surface area (TPSA) is 55.4 Å². The van der Waals surface area contributed by atoms with E-state index in [2.05, 4.69) is 5.32 Å². The molecule has 4 nitrogen and oxygen atoms in total. The van der Waals surface area contributed by atoms with Crippen molar-refractivity contribution < 1.29 is 14.3 Å². The molecule has 0 saturated heterocycles. The number of benzene rings is 2. The van der Waals surface area contributed by atoms with Crippen molar-refractivity contribution in [3.63, 3.8) is 0 Å². The van der Waals surface area contributed by atoms with E-state index in [0.717, 1.165) is 0 Å². The van der Waals surface area contributed by atoms with Gasteiger partial charge in [0.15, 0.2) is 6.61 Å². The molecule has 1 amide bonds. The van der Waals surface area contributed by atoms with Gasteiger partial charge in [0.1, 0.15) is 0 Å². The van der Waals surface area contributed by atoms with Gasteiger partial charge in [0, 0.05) is 15.7 Å². The van der Waals surface area contributed by atoms with Gasteiger partial charge in [-0.3, -0.25) is 9.59 Å². The Morgan fingerprint density at radius 2 is 1.58 bits per heavy atom. The van der Waals surface area contributed by atoms with Crippen LogP contribution in [0.25, 0.3) is 0 Å². The second kappa shape index (κ2) is 8.58. The number of halogens is 4. The number of nitrogens with one attached hydrogen (secondary N) is 1. The molecule has 0 heterocycles. The van der Waals surface area contributed by atoms with Crippen molar-refractivity contribution in [1.29, 1.82) is 0 Å². The predicted molar refractivity (Wildman–Crippen MR) is 96.2 cm³/mol. The SMILES string of the molecule is O=C(COC(=O)Cc1ccc(Cl)c(Cl)c1)Nc1cc(Cl)cc(Cl)c1. The van der Waals surface area contributed by atoms with E-state index < -0.39 is 18.5 Å². The van der Waals surface area contributed by atoms with E-state index in [1.807, 2.05) is 0 Å². The van der Waals surface area contributed by atoms with Crippen LogP contribution >= 0.6 is 46.4 Å². The maximum atomic E-state index is 11.8. The highest BCUT2D eigenvalue weighted by atomic mass is 35.5. The number of esters is 1. The maximum absolute atomic E-state index is 11.8. The highest BCUT2D eigenvalue weighted by Gasteiger charge is 2.10. The van der Waals surface area contributed by atoms with Gasteiger partial charge in [-0.15, -0.1) is 0 Å². The van der Waals surface area contributed by atoms with Gasteiger partial charge in [-0.25, -0.2) is 0 Å². The zero-order chi connectivity index (χ0) is 17.7. The van der Waals surface area contributed by atoms with E-state index in [1.54, 1.807) is 18.2 Å². The predicted octanol–water partition coefficient (Wildman–Crippen LogP) is 5.02. The smallest absolute Gasteiger partial charge is 0.310 e. The summed E-state index contributed by atoms with van der Waals surface area (Å²) in [6.45, 7) is -0.426. The molecule has 1 N–H and O–H groups in total. The highest BCUT2D eigenvalue weighted by molar-refractivity contribution is 6.42. The lowest BCUT2D eigenvalue weighted by molar-refractivity contribution is -0.146. The molecular formula is C16H11Cl4NO3. The number of anilines is 1. The molecule has 0 aliphatic heterocycles. The van der Waals surface area contributed by atoms with E-state index in [0.29, 0.717) is 31.3 Å². The van der Waals surface area contributed by atoms with E-state index >= 15 is 0 Å².